The Morgan fingerprint density at radius 2 is 0.738 bits per heavy atom. The summed E-state index contributed by atoms with van der Waals surface area (Å²) in [4.78, 5) is 24.5. The van der Waals surface area contributed by atoms with Crippen LogP contribution in [0, 0.1) is 0 Å². The van der Waals surface area contributed by atoms with E-state index in [1.165, 1.54) is 250 Å². The number of unbranched alkanes of at least 4 members (excludes halogenated alkanes) is 42. The highest BCUT2D eigenvalue weighted by molar-refractivity contribution is 5.76. The van der Waals surface area contributed by atoms with Crippen molar-refractivity contribution in [2.45, 2.75) is 341 Å². The molecule has 0 bridgehead atoms. The van der Waals surface area contributed by atoms with Crippen LogP contribution in [0.3, 0.4) is 0 Å². The molecule has 2 atom stereocenters. The molecule has 0 rings (SSSR count). The first-order chi connectivity index (χ1) is 32.0. The number of aliphatic hydroxyl groups is 2. The average Bonchev–Trinajstić information content (AvgIpc) is 3.31. The molecule has 0 aliphatic carbocycles. The Balaban J connectivity index is 3.40. The van der Waals surface area contributed by atoms with Crippen LogP contribution in [0.4, 0.5) is 0 Å². The number of carbonyl (C=O) groups excluding carboxylic acids is 2. The van der Waals surface area contributed by atoms with Gasteiger partial charge in [0.25, 0.3) is 0 Å². The van der Waals surface area contributed by atoms with Crippen LogP contribution in [-0.4, -0.2) is 47.4 Å². The first-order valence-corrected chi connectivity index (χ1v) is 29.4. The van der Waals surface area contributed by atoms with Crippen LogP contribution in [0.15, 0.2) is 12.2 Å². The fraction of sp³-hybridized carbons (Fsp3) is 0.932. The molecule has 0 aromatic heterocycles. The number of hydrogen-bond acceptors (Lipinski definition) is 5. The van der Waals surface area contributed by atoms with Crippen LogP contribution >= 0.6 is 0 Å². The van der Waals surface area contributed by atoms with Crippen molar-refractivity contribution < 1.29 is 24.5 Å². The van der Waals surface area contributed by atoms with Gasteiger partial charge >= 0.3 is 5.97 Å². The number of carbonyl (C=O) groups is 2. The minimum atomic E-state index is -0.665. The lowest BCUT2D eigenvalue weighted by Crippen LogP contribution is -2.45. The zero-order valence-corrected chi connectivity index (χ0v) is 44.0. The van der Waals surface area contributed by atoms with Crippen molar-refractivity contribution in [1.82, 2.24) is 5.32 Å². The molecule has 1 amide bonds. The van der Waals surface area contributed by atoms with Gasteiger partial charge in [-0.15, -0.1) is 0 Å². The molecular weight excluding hydrogens is 803 g/mol. The third-order valence-electron chi connectivity index (χ3n) is 13.8. The second kappa shape index (κ2) is 55.2. The number of nitrogens with one attached hydrogen (secondary N) is 1. The van der Waals surface area contributed by atoms with Gasteiger partial charge in [-0.05, 0) is 44.9 Å². The summed E-state index contributed by atoms with van der Waals surface area (Å²) in [5.41, 5.74) is 0. The summed E-state index contributed by atoms with van der Waals surface area (Å²) < 4.78 is 5.45. The molecule has 6 heteroatoms. The molecule has 6 nitrogen and oxygen atoms in total. The number of ether oxygens (including phenoxy) is 1. The van der Waals surface area contributed by atoms with E-state index in [0.29, 0.717) is 25.9 Å². The van der Waals surface area contributed by atoms with Crippen LogP contribution in [0.2, 0.25) is 0 Å². The van der Waals surface area contributed by atoms with E-state index in [1.807, 2.05) is 0 Å². The molecule has 0 radical (unpaired) electrons. The minimum absolute atomic E-state index is 0.0000759. The Hall–Kier alpha value is -1.40. The Kier molecular flexibility index (Phi) is 54.0. The van der Waals surface area contributed by atoms with Crippen LogP contribution in [-0.2, 0) is 14.3 Å². The number of amides is 1. The van der Waals surface area contributed by atoms with E-state index in [-0.39, 0.29) is 18.5 Å². The topological polar surface area (TPSA) is 95.9 Å². The summed E-state index contributed by atoms with van der Waals surface area (Å²) in [5.74, 6) is -0.0342. The first kappa shape index (κ1) is 63.6. The molecule has 0 saturated carbocycles. The van der Waals surface area contributed by atoms with Crippen LogP contribution < -0.4 is 5.32 Å². The summed E-state index contributed by atoms with van der Waals surface area (Å²) in [6.45, 7) is 4.93. The van der Waals surface area contributed by atoms with Gasteiger partial charge in [0, 0.05) is 12.8 Å². The second-order valence-corrected chi connectivity index (χ2v) is 20.3. The smallest absolute Gasteiger partial charge is 0.305 e. The highest BCUT2D eigenvalue weighted by atomic mass is 16.5. The maximum atomic E-state index is 12.5. The highest BCUT2D eigenvalue weighted by Crippen LogP contribution is 2.18. The molecule has 386 valence electrons. The van der Waals surface area contributed by atoms with E-state index in [1.54, 1.807) is 0 Å². The van der Waals surface area contributed by atoms with Crippen LogP contribution in [0.25, 0.3) is 0 Å². The minimum Gasteiger partial charge on any atom is -0.466 e. The monoisotopic (exact) mass is 918 g/mol. The third-order valence-corrected chi connectivity index (χ3v) is 13.8. The van der Waals surface area contributed by atoms with Gasteiger partial charge in [0.1, 0.15) is 0 Å². The number of hydrogen-bond donors (Lipinski definition) is 3. The van der Waals surface area contributed by atoms with E-state index in [4.69, 9.17) is 4.74 Å². The van der Waals surface area contributed by atoms with Crippen molar-refractivity contribution in [2.75, 3.05) is 13.2 Å². The van der Waals surface area contributed by atoms with Gasteiger partial charge in [0.15, 0.2) is 0 Å². The molecule has 0 fully saturated rings. The number of esters is 1. The number of rotatable bonds is 55. The normalized spacial score (nSPS) is 12.6. The number of allylic oxidation sites excluding steroid dienone is 2. The maximum Gasteiger partial charge on any atom is 0.305 e. The fourth-order valence-corrected chi connectivity index (χ4v) is 9.27. The SMILES string of the molecule is CCCC/C=C\CCCCCCCC(=O)OCCCCCCCCCCCCCCCCCCCCCCC(=O)NC(CO)C(O)CCCCCCCCCCCCCCCCCCC. The highest BCUT2D eigenvalue weighted by Gasteiger charge is 2.20. The van der Waals surface area contributed by atoms with Crippen molar-refractivity contribution in [3.8, 4) is 0 Å². The van der Waals surface area contributed by atoms with Gasteiger partial charge in [-0.3, -0.25) is 9.59 Å². The summed E-state index contributed by atoms with van der Waals surface area (Å²) in [6.07, 6.45) is 64.9. The number of aliphatic hydroxyl groups excluding tert-OH is 2. The average molecular weight is 919 g/mol. The second-order valence-electron chi connectivity index (χ2n) is 20.3. The molecule has 0 saturated heterocycles. The van der Waals surface area contributed by atoms with E-state index in [0.717, 1.165) is 44.9 Å². The predicted molar refractivity (Wildman–Crippen MR) is 283 cm³/mol. The van der Waals surface area contributed by atoms with Gasteiger partial charge in [-0.2, -0.15) is 0 Å². The molecular formula is C59H115NO5. The lowest BCUT2D eigenvalue weighted by Gasteiger charge is -2.22. The van der Waals surface area contributed by atoms with Crippen molar-refractivity contribution in [2.24, 2.45) is 0 Å². The zero-order valence-electron chi connectivity index (χ0n) is 44.0. The molecule has 0 spiro atoms. The Bertz CT molecular complexity index is 970. The molecule has 2 unspecified atom stereocenters. The van der Waals surface area contributed by atoms with Crippen molar-refractivity contribution in [3.05, 3.63) is 12.2 Å². The van der Waals surface area contributed by atoms with Crippen molar-refractivity contribution in [1.29, 1.82) is 0 Å². The summed E-state index contributed by atoms with van der Waals surface area (Å²) in [7, 11) is 0. The third kappa shape index (κ3) is 51.8. The Morgan fingerprint density at radius 3 is 1.14 bits per heavy atom. The van der Waals surface area contributed by atoms with Gasteiger partial charge in [-0.1, -0.05) is 283 Å². The van der Waals surface area contributed by atoms with Crippen LogP contribution in [0.1, 0.15) is 328 Å². The van der Waals surface area contributed by atoms with Crippen molar-refractivity contribution >= 4 is 11.9 Å². The lowest BCUT2D eigenvalue weighted by atomic mass is 10.0. The van der Waals surface area contributed by atoms with Gasteiger partial charge < -0.3 is 20.3 Å². The first-order valence-electron chi connectivity index (χ1n) is 29.4. The fourth-order valence-electron chi connectivity index (χ4n) is 9.27. The molecule has 0 heterocycles. The molecule has 0 aliphatic heterocycles. The van der Waals surface area contributed by atoms with E-state index >= 15 is 0 Å². The molecule has 65 heavy (non-hydrogen) atoms. The van der Waals surface area contributed by atoms with Gasteiger partial charge in [0.2, 0.25) is 5.91 Å². The Labute approximate surface area is 406 Å². The maximum absolute atomic E-state index is 12.5. The van der Waals surface area contributed by atoms with Gasteiger partial charge in [-0.25, -0.2) is 0 Å². The Morgan fingerprint density at radius 1 is 0.415 bits per heavy atom. The van der Waals surface area contributed by atoms with E-state index < -0.39 is 12.1 Å². The predicted octanol–water partition coefficient (Wildman–Crippen LogP) is 18.1. The summed E-state index contributed by atoms with van der Waals surface area (Å²) in [5, 5.41) is 23.3. The standard InChI is InChI=1S/C59H115NO5/c1-3-5-7-9-11-13-15-16-17-22-25-28-32-35-39-43-47-51-57(62)56(55-61)60-58(63)52-48-44-40-36-33-29-26-23-20-18-19-21-24-27-30-34-38-42-46-50-54-65-59(64)53-49-45-41-37-31-14-12-10-8-6-4-2/h10,12,56-57,61-62H,3-9,11,13-55H2,1-2H3,(H,60,63)/b12-10-. The molecule has 0 aliphatic rings. The van der Waals surface area contributed by atoms with E-state index in [2.05, 4.69) is 31.3 Å². The quantitative estimate of drug-likeness (QED) is 0.0321. The summed E-state index contributed by atoms with van der Waals surface area (Å²) in [6, 6.07) is -0.542. The van der Waals surface area contributed by atoms with Crippen molar-refractivity contribution in [3.63, 3.8) is 0 Å². The molecule has 3 N–H and O–H groups in total. The summed E-state index contributed by atoms with van der Waals surface area (Å²) >= 11 is 0. The lowest BCUT2D eigenvalue weighted by molar-refractivity contribution is -0.143. The largest absolute Gasteiger partial charge is 0.466 e. The van der Waals surface area contributed by atoms with Crippen LogP contribution in [0.5, 0.6) is 0 Å². The van der Waals surface area contributed by atoms with Gasteiger partial charge in [0.05, 0.1) is 25.4 Å². The molecule has 0 aromatic carbocycles. The van der Waals surface area contributed by atoms with E-state index in [9.17, 15) is 19.8 Å². The zero-order chi connectivity index (χ0) is 47.2. The molecule has 0 aromatic rings.